The number of benzene rings is 1. The molecule has 7 nitrogen and oxygen atoms in total. The van der Waals surface area contributed by atoms with E-state index in [2.05, 4.69) is 21.0 Å². The molecule has 0 aliphatic rings. The second kappa shape index (κ2) is 6.32. The number of hydrogen-bond acceptors (Lipinski definition) is 7. The fourth-order valence-corrected chi connectivity index (χ4v) is 2.09. The van der Waals surface area contributed by atoms with E-state index in [1.807, 2.05) is 0 Å². The van der Waals surface area contributed by atoms with E-state index in [4.69, 9.17) is 5.73 Å². The number of allylic oxidation sites excluding steroid dienone is 1. The summed E-state index contributed by atoms with van der Waals surface area (Å²) in [5.74, 6) is 0.900. The van der Waals surface area contributed by atoms with Crippen molar-refractivity contribution in [2.24, 2.45) is 0 Å². The highest BCUT2D eigenvalue weighted by atomic mass is 16.3. The van der Waals surface area contributed by atoms with Crippen molar-refractivity contribution in [1.82, 2.24) is 15.0 Å². The first-order valence-electron chi connectivity index (χ1n) is 6.93. The van der Waals surface area contributed by atoms with Crippen molar-refractivity contribution in [2.75, 3.05) is 24.7 Å². The summed E-state index contributed by atoms with van der Waals surface area (Å²) in [6, 6.07) is 5.66. The molecular formula is C16H18N6O. The van der Waals surface area contributed by atoms with Gasteiger partial charge < -0.3 is 15.7 Å². The van der Waals surface area contributed by atoms with Gasteiger partial charge in [0, 0.05) is 14.1 Å². The molecule has 0 unspecified atom stereocenters. The van der Waals surface area contributed by atoms with Crippen LogP contribution in [0.4, 0.5) is 11.9 Å². The number of nitrogen functional groups attached to an aromatic ring is 1. The van der Waals surface area contributed by atoms with Gasteiger partial charge in [0.05, 0.1) is 5.57 Å². The van der Waals surface area contributed by atoms with Gasteiger partial charge in [-0.2, -0.15) is 20.2 Å². The van der Waals surface area contributed by atoms with Gasteiger partial charge in [-0.1, -0.05) is 0 Å². The number of rotatable bonds is 3. The fraction of sp³-hybridized carbons (Fsp3) is 0.250. The first-order valence-corrected chi connectivity index (χ1v) is 6.93. The number of hydrogen-bond donors (Lipinski definition) is 2. The number of nitrogens with two attached hydrogens (primary N) is 1. The maximum atomic E-state index is 9.83. The van der Waals surface area contributed by atoms with E-state index in [1.165, 1.54) is 0 Å². The summed E-state index contributed by atoms with van der Waals surface area (Å²) in [5, 5.41) is 19.3. The predicted molar refractivity (Wildman–Crippen MR) is 89.6 cm³/mol. The molecule has 0 saturated heterocycles. The summed E-state index contributed by atoms with van der Waals surface area (Å²) in [6.45, 7) is 3.60. The zero-order chi connectivity index (χ0) is 17.1. The molecule has 0 aliphatic heterocycles. The molecule has 0 saturated carbocycles. The van der Waals surface area contributed by atoms with Crippen molar-refractivity contribution in [3.63, 3.8) is 0 Å². The van der Waals surface area contributed by atoms with Gasteiger partial charge in [-0.05, 0) is 48.7 Å². The molecule has 0 bridgehead atoms. The Morgan fingerprint density at radius 3 is 2.35 bits per heavy atom. The minimum Gasteiger partial charge on any atom is -0.507 e. The highest BCUT2D eigenvalue weighted by Crippen LogP contribution is 2.25. The highest BCUT2D eigenvalue weighted by molar-refractivity contribution is 5.87. The average molecular weight is 310 g/mol. The Balaban J connectivity index is 2.54. The number of phenolic OH excluding ortho intramolecular Hbond substituents is 1. The van der Waals surface area contributed by atoms with E-state index >= 15 is 0 Å². The molecular weight excluding hydrogens is 292 g/mol. The molecule has 0 atom stereocenters. The Morgan fingerprint density at radius 1 is 1.22 bits per heavy atom. The molecule has 3 N–H and O–H groups in total. The molecule has 118 valence electrons. The van der Waals surface area contributed by atoms with Gasteiger partial charge >= 0.3 is 0 Å². The third-order valence-corrected chi connectivity index (χ3v) is 3.23. The number of nitriles is 1. The van der Waals surface area contributed by atoms with Crippen LogP contribution in [0.25, 0.3) is 11.6 Å². The van der Waals surface area contributed by atoms with Crippen LogP contribution >= 0.6 is 0 Å². The second-order valence-corrected chi connectivity index (χ2v) is 5.38. The number of aryl methyl sites for hydroxylation is 2. The molecule has 0 fully saturated rings. The standard InChI is InChI=1S/C16H18N6O/c1-9-5-11(6-10(2)13(9)23)7-12(8-17)14-19-15(18)21-16(20-14)22(3)4/h5-7,23H,1-4H3,(H2,18,19,20,21). The fourth-order valence-electron chi connectivity index (χ4n) is 2.09. The third-order valence-electron chi connectivity index (χ3n) is 3.23. The van der Waals surface area contributed by atoms with E-state index in [-0.39, 0.29) is 23.1 Å². The molecule has 1 aromatic heterocycles. The number of nitrogens with zero attached hydrogens (tertiary/aromatic N) is 5. The molecule has 2 rings (SSSR count). The first kappa shape index (κ1) is 16.2. The van der Waals surface area contributed by atoms with Crippen molar-refractivity contribution in [2.45, 2.75) is 13.8 Å². The average Bonchev–Trinajstić information content (AvgIpc) is 2.49. The maximum absolute atomic E-state index is 9.83. The van der Waals surface area contributed by atoms with Gasteiger partial charge in [-0.25, -0.2) is 0 Å². The molecule has 2 aromatic rings. The zero-order valence-corrected chi connectivity index (χ0v) is 13.5. The maximum Gasteiger partial charge on any atom is 0.230 e. The number of aromatic nitrogens is 3. The van der Waals surface area contributed by atoms with Gasteiger partial charge in [-0.15, -0.1) is 0 Å². The van der Waals surface area contributed by atoms with Gasteiger partial charge in [0.25, 0.3) is 0 Å². The minimum absolute atomic E-state index is 0.0536. The zero-order valence-electron chi connectivity index (χ0n) is 13.5. The van der Waals surface area contributed by atoms with Crippen LogP contribution in [0.15, 0.2) is 12.1 Å². The molecule has 1 aromatic carbocycles. The minimum atomic E-state index is 0.0536. The Morgan fingerprint density at radius 2 is 1.83 bits per heavy atom. The Labute approximate surface area is 134 Å². The van der Waals surface area contributed by atoms with Crippen LogP contribution in [-0.2, 0) is 0 Å². The van der Waals surface area contributed by atoms with Crippen LogP contribution in [0.2, 0.25) is 0 Å². The van der Waals surface area contributed by atoms with E-state index in [0.29, 0.717) is 5.95 Å². The van der Waals surface area contributed by atoms with Crippen LogP contribution in [0.5, 0.6) is 5.75 Å². The topological polar surface area (TPSA) is 112 Å². The van der Waals surface area contributed by atoms with Crippen LogP contribution in [0, 0.1) is 25.2 Å². The summed E-state index contributed by atoms with van der Waals surface area (Å²) < 4.78 is 0. The Kier molecular flexibility index (Phi) is 4.46. The molecule has 0 amide bonds. The van der Waals surface area contributed by atoms with Crippen LogP contribution < -0.4 is 10.6 Å². The quantitative estimate of drug-likeness (QED) is 0.833. The summed E-state index contributed by atoms with van der Waals surface area (Å²) in [4.78, 5) is 14.0. The molecule has 23 heavy (non-hydrogen) atoms. The highest BCUT2D eigenvalue weighted by Gasteiger charge is 2.11. The van der Waals surface area contributed by atoms with E-state index in [1.54, 1.807) is 51.1 Å². The van der Waals surface area contributed by atoms with E-state index in [9.17, 15) is 10.4 Å². The van der Waals surface area contributed by atoms with Crippen molar-refractivity contribution in [3.8, 4) is 11.8 Å². The van der Waals surface area contributed by atoms with Gasteiger partial charge in [0.15, 0.2) is 5.82 Å². The smallest absolute Gasteiger partial charge is 0.230 e. The number of aromatic hydroxyl groups is 1. The van der Waals surface area contributed by atoms with Crippen molar-refractivity contribution >= 4 is 23.5 Å². The van der Waals surface area contributed by atoms with Crippen LogP contribution in [0.3, 0.4) is 0 Å². The van der Waals surface area contributed by atoms with Crippen molar-refractivity contribution in [1.29, 1.82) is 5.26 Å². The lowest BCUT2D eigenvalue weighted by molar-refractivity contribution is 0.467. The van der Waals surface area contributed by atoms with E-state index < -0.39 is 0 Å². The molecule has 0 radical (unpaired) electrons. The van der Waals surface area contributed by atoms with Gasteiger partial charge in [0.1, 0.15) is 11.8 Å². The molecule has 7 heteroatoms. The van der Waals surface area contributed by atoms with Gasteiger partial charge in [0.2, 0.25) is 11.9 Å². The SMILES string of the molecule is Cc1cc(C=C(C#N)c2nc(N)nc(N(C)C)n2)cc(C)c1O. The number of anilines is 2. The van der Waals surface area contributed by atoms with Crippen LogP contribution in [0.1, 0.15) is 22.5 Å². The summed E-state index contributed by atoms with van der Waals surface area (Å²) in [6.07, 6.45) is 1.66. The molecule has 1 heterocycles. The monoisotopic (exact) mass is 310 g/mol. The lowest BCUT2D eigenvalue weighted by Crippen LogP contribution is -2.15. The third kappa shape index (κ3) is 3.55. The molecule has 0 spiro atoms. The normalized spacial score (nSPS) is 11.2. The van der Waals surface area contributed by atoms with Crippen molar-refractivity contribution < 1.29 is 5.11 Å². The van der Waals surface area contributed by atoms with Crippen LogP contribution in [-0.4, -0.2) is 34.2 Å². The largest absolute Gasteiger partial charge is 0.507 e. The lowest BCUT2D eigenvalue weighted by atomic mass is 10.0. The lowest BCUT2D eigenvalue weighted by Gasteiger charge is -2.11. The van der Waals surface area contributed by atoms with Crippen molar-refractivity contribution in [3.05, 3.63) is 34.6 Å². The van der Waals surface area contributed by atoms with Gasteiger partial charge in [-0.3, -0.25) is 0 Å². The summed E-state index contributed by atoms with van der Waals surface area (Å²) in [7, 11) is 3.56. The predicted octanol–water partition coefficient (Wildman–Crippen LogP) is 1.91. The second-order valence-electron chi connectivity index (χ2n) is 5.38. The number of phenols is 1. The Bertz CT molecular complexity index is 797. The first-order chi connectivity index (χ1) is 10.8. The van der Waals surface area contributed by atoms with E-state index in [0.717, 1.165) is 16.7 Å². The summed E-state index contributed by atoms with van der Waals surface area (Å²) >= 11 is 0. The summed E-state index contributed by atoms with van der Waals surface area (Å²) in [5.41, 5.74) is 8.21. The Hall–Kier alpha value is -3.14. The molecule has 0 aliphatic carbocycles.